The Balaban J connectivity index is 2.10. The molecular weight excluding hydrogens is 300 g/mol. The second kappa shape index (κ2) is 8.60. The minimum absolute atomic E-state index is 0.0617. The molecule has 5 heteroatoms. The van der Waals surface area contributed by atoms with Gasteiger partial charge in [-0.3, -0.25) is 0 Å². The van der Waals surface area contributed by atoms with Crippen LogP contribution in [-0.4, -0.2) is 18.3 Å². The minimum Gasteiger partial charge on any atom is -0.491 e. The molecule has 124 valence electrons. The third-order valence-electron chi connectivity index (χ3n) is 3.60. The van der Waals surface area contributed by atoms with Crippen LogP contribution in [0.4, 0.5) is 8.78 Å². The molecule has 2 N–H and O–H groups in total. The van der Waals surface area contributed by atoms with E-state index in [1.807, 2.05) is 31.2 Å². The first-order valence-electron chi connectivity index (χ1n) is 7.65. The predicted octanol–water partition coefficient (Wildman–Crippen LogP) is 3.58. The molecule has 0 saturated heterocycles. The Labute approximate surface area is 134 Å². The molecule has 3 nitrogen and oxygen atoms in total. The lowest BCUT2D eigenvalue weighted by Gasteiger charge is -2.19. The van der Waals surface area contributed by atoms with Crippen molar-refractivity contribution in [1.29, 1.82) is 0 Å². The zero-order valence-corrected chi connectivity index (χ0v) is 13.1. The minimum atomic E-state index is -0.451. The Morgan fingerprint density at radius 1 is 1.17 bits per heavy atom. The van der Waals surface area contributed by atoms with E-state index in [9.17, 15) is 8.78 Å². The lowest BCUT2D eigenvalue weighted by Crippen LogP contribution is -2.22. The number of para-hydroxylation sites is 1. The highest BCUT2D eigenvalue weighted by molar-refractivity contribution is 5.33. The fourth-order valence-electron chi connectivity index (χ4n) is 2.44. The summed E-state index contributed by atoms with van der Waals surface area (Å²) in [5.74, 6) is -0.201. The van der Waals surface area contributed by atoms with Gasteiger partial charge in [-0.1, -0.05) is 25.1 Å². The number of aliphatic hydroxyl groups excluding tert-OH is 1. The summed E-state index contributed by atoms with van der Waals surface area (Å²) in [6, 6.07) is 10.6. The number of halogens is 2. The van der Waals surface area contributed by atoms with E-state index in [-0.39, 0.29) is 19.3 Å². The lowest BCUT2D eigenvalue weighted by molar-refractivity contribution is 0.200. The number of aliphatic hydroxyl groups is 1. The van der Waals surface area contributed by atoms with Gasteiger partial charge < -0.3 is 15.2 Å². The van der Waals surface area contributed by atoms with Crippen LogP contribution in [0.3, 0.4) is 0 Å². The molecule has 1 atom stereocenters. The van der Waals surface area contributed by atoms with Gasteiger partial charge in [0.25, 0.3) is 0 Å². The first-order valence-corrected chi connectivity index (χ1v) is 7.65. The quantitative estimate of drug-likeness (QED) is 0.781. The fourth-order valence-corrected chi connectivity index (χ4v) is 2.44. The Kier molecular flexibility index (Phi) is 6.50. The van der Waals surface area contributed by atoms with Crippen LogP contribution in [0, 0.1) is 11.6 Å². The van der Waals surface area contributed by atoms with E-state index < -0.39 is 11.6 Å². The van der Waals surface area contributed by atoms with Crippen LogP contribution >= 0.6 is 0 Å². The van der Waals surface area contributed by atoms with Crippen molar-refractivity contribution in [2.24, 2.45) is 0 Å². The zero-order valence-electron chi connectivity index (χ0n) is 13.1. The molecule has 23 heavy (non-hydrogen) atoms. The van der Waals surface area contributed by atoms with E-state index >= 15 is 0 Å². The molecule has 2 aromatic rings. The van der Waals surface area contributed by atoms with Crippen LogP contribution in [0.2, 0.25) is 0 Å². The van der Waals surface area contributed by atoms with Crippen LogP contribution in [0.15, 0.2) is 42.5 Å². The summed E-state index contributed by atoms with van der Waals surface area (Å²) < 4.78 is 32.8. The summed E-state index contributed by atoms with van der Waals surface area (Å²) in [7, 11) is 0. The van der Waals surface area contributed by atoms with Gasteiger partial charge in [-0.25, -0.2) is 8.78 Å². The Hall–Kier alpha value is -1.98. The van der Waals surface area contributed by atoms with Crippen LogP contribution in [-0.2, 0) is 6.54 Å². The van der Waals surface area contributed by atoms with Crippen molar-refractivity contribution in [2.45, 2.75) is 25.9 Å². The van der Waals surface area contributed by atoms with Gasteiger partial charge in [0.05, 0.1) is 6.61 Å². The Morgan fingerprint density at radius 2 is 1.96 bits per heavy atom. The van der Waals surface area contributed by atoms with Gasteiger partial charge in [-0.2, -0.15) is 0 Å². The second-order valence-corrected chi connectivity index (χ2v) is 5.19. The maximum absolute atomic E-state index is 13.9. The van der Waals surface area contributed by atoms with Crippen LogP contribution < -0.4 is 10.1 Å². The zero-order chi connectivity index (χ0) is 16.7. The largest absolute Gasteiger partial charge is 0.491 e. The van der Waals surface area contributed by atoms with E-state index in [1.54, 1.807) is 0 Å². The number of benzene rings is 2. The summed E-state index contributed by atoms with van der Waals surface area (Å²) in [6.07, 6.45) is 0.625. The number of hydrogen-bond acceptors (Lipinski definition) is 3. The molecule has 2 aromatic carbocycles. The number of hydrogen-bond donors (Lipinski definition) is 2. The SMILES string of the molecule is CCC(NCc1ccccc1OCCO)c1cc(F)ccc1F. The first kappa shape index (κ1) is 17.4. The summed E-state index contributed by atoms with van der Waals surface area (Å²) in [6.45, 7) is 2.52. The monoisotopic (exact) mass is 321 g/mol. The van der Waals surface area contributed by atoms with Crippen molar-refractivity contribution < 1.29 is 18.6 Å². The topological polar surface area (TPSA) is 41.5 Å². The molecule has 0 spiro atoms. The average molecular weight is 321 g/mol. The third kappa shape index (κ3) is 4.74. The summed E-state index contributed by atoms with van der Waals surface area (Å²) >= 11 is 0. The van der Waals surface area contributed by atoms with Gasteiger partial charge in [0, 0.05) is 23.7 Å². The maximum Gasteiger partial charge on any atom is 0.128 e. The normalized spacial score (nSPS) is 12.2. The van der Waals surface area contributed by atoms with Gasteiger partial charge in [0.15, 0.2) is 0 Å². The molecule has 0 radical (unpaired) electrons. The molecule has 0 amide bonds. The summed E-state index contributed by atoms with van der Waals surface area (Å²) in [5.41, 5.74) is 1.22. The summed E-state index contributed by atoms with van der Waals surface area (Å²) in [4.78, 5) is 0. The second-order valence-electron chi connectivity index (χ2n) is 5.19. The van der Waals surface area contributed by atoms with Crippen molar-refractivity contribution in [3.8, 4) is 5.75 Å². The smallest absolute Gasteiger partial charge is 0.128 e. The van der Waals surface area contributed by atoms with E-state index in [0.717, 1.165) is 17.7 Å². The van der Waals surface area contributed by atoms with Crippen molar-refractivity contribution in [2.75, 3.05) is 13.2 Å². The van der Waals surface area contributed by atoms with Crippen molar-refractivity contribution >= 4 is 0 Å². The van der Waals surface area contributed by atoms with Crippen LogP contribution in [0.25, 0.3) is 0 Å². The maximum atomic E-state index is 13.9. The van der Waals surface area contributed by atoms with Crippen LogP contribution in [0.1, 0.15) is 30.5 Å². The Bertz CT molecular complexity index is 634. The average Bonchev–Trinajstić information content (AvgIpc) is 2.57. The molecule has 2 rings (SSSR count). The molecule has 0 aliphatic rings. The molecule has 0 aliphatic heterocycles. The highest BCUT2D eigenvalue weighted by Gasteiger charge is 2.15. The Morgan fingerprint density at radius 3 is 2.70 bits per heavy atom. The molecule has 0 heterocycles. The van der Waals surface area contributed by atoms with Crippen molar-refractivity contribution in [3.05, 3.63) is 65.2 Å². The standard InChI is InChI=1S/C18H21F2NO2/c1-2-17(15-11-14(19)7-8-16(15)20)21-12-13-5-3-4-6-18(13)23-10-9-22/h3-8,11,17,21-22H,2,9-10,12H2,1H3. The molecule has 0 aliphatic carbocycles. The molecular formula is C18H21F2NO2. The molecule has 0 bridgehead atoms. The molecule has 0 saturated carbocycles. The third-order valence-corrected chi connectivity index (χ3v) is 3.60. The number of nitrogens with one attached hydrogen (secondary N) is 1. The summed E-state index contributed by atoms with van der Waals surface area (Å²) in [5, 5.41) is 12.1. The molecule has 1 unspecified atom stereocenters. The van der Waals surface area contributed by atoms with Gasteiger partial charge in [0.2, 0.25) is 0 Å². The van der Waals surface area contributed by atoms with E-state index in [4.69, 9.17) is 9.84 Å². The van der Waals surface area contributed by atoms with Crippen LogP contribution in [0.5, 0.6) is 5.75 Å². The van der Waals surface area contributed by atoms with Gasteiger partial charge >= 0.3 is 0 Å². The molecule has 0 fully saturated rings. The highest BCUT2D eigenvalue weighted by Crippen LogP contribution is 2.23. The lowest BCUT2D eigenvalue weighted by atomic mass is 10.0. The van der Waals surface area contributed by atoms with Gasteiger partial charge in [-0.05, 0) is 30.7 Å². The van der Waals surface area contributed by atoms with E-state index in [0.29, 0.717) is 24.3 Å². The first-order chi connectivity index (χ1) is 11.2. The number of rotatable bonds is 8. The van der Waals surface area contributed by atoms with Crippen molar-refractivity contribution in [1.82, 2.24) is 5.32 Å². The van der Waals surface area contributed by atoms with E-state index in [1.165, 1.54) is 6.07 Å². The fraction of sp³-hybridized carbons (Fsp3) is 0.333. The van der Waals surface area contributed by atoms with E-state index in [2.05, 4.69) is 5.32 Å². The van der Waals surface area contributed by atoms with Gasteiger partial charge in [-0.15, -0.1) is 0 Å². The highest BCUT2D eigenvalue weighted by atomic mass is 19.1. The number of ether oxygens (including phenoxy) is 1. The molecule has 0 aromatic heterocycles. The van der Waals surface area contributed by atoms with Gasteiger partial charge in [0.1, 0.15) is 24.0 Å². The predicted molar refractivity (Wildman–Crippen MR) is 85.3 cm³/mol. The van der Waals surface area contributed by atoms with Crippen molar-refractivity contribution in [3.63, 3.8) is 0 Å².